The molecule has 0 bridgehead atoms. The van der Waals surface area contributed by atoms with Crippen LogP contribution >= 0.6 is 0 Å². The molecule has 0 radical (unpaired) electrons. The minimum atomic E-state index is -0.442. The molecule has 0 aliphatic rings. The SMILES string of the molecule is CCOC(=O)C(C)N(CC)CC(N)=O. The first-order valence-corrected chi connectivity index (χ1v) is 4.71. The van der Waals surface area contributed by atoms with Crippen molar-refractivity contribution in [1.29, 1.82) is 0 Å². The average Bonchev–Trinajstić information content (AvgIpc) is 2.13. The Labute approximate surface area is 84.2 Å². The van der Waals surface area contributed by atoms with Gasteiger partial charge in [0.1, 0.15) is 6.04 Å². The van der Waals surface area contributed by atoms with Gasteiger partial charge in [-0.1, -0.05) is 6.92 Å². The summed E-state index contributed by atoms with van der Waals surface area (Å²) in [7, 11) is 0. The van der Waals surface area contributed by atoms with Gasteiger partial charge in [0.05, 0.1) is 13.2 Å². The Morgan fingerprint density at radius 2 is 2.00 bits per heavy atom. The molecule has 82 valence electrons. The number of rotatable bonds is 6. The summed E-state index contributed by atoms with van der Waals surface area (Å²) in [6.45, 7) is 6.31. The van der Waals surface area contributed by atoms with Crippen molar-refractivity contribution in [3.05, 3.63) is 0 Å². The van der Waals surface area contributed by atoms with E-state index in [0.717, 1.165) is 0 Å². The molecule has 0 aromatic carbocycles. The van der Waals surface area contributed by atoms with Crippen molar-refractivity contribution in [3.63, 3.8) is 0 Å². The molecule has 0 saturated heterocycles. The molecule has 2 N–H and O–H groups in total. The maximum atomic E-state index is 11.3. The van der Waals surface area contributed by atoms with E-state index in [0.29, 0.717) is 13.2 Å². The highest BCUT2D eigenvalue weighted by molar-refractivity contribution is 5.79. The van der Waals surface area contributed by atoms with E-state index in [1.807, 2.05) is 6.92 Å². The molecule has 0 heterocycles. The second-order valence-corrected chi connectivity index (χ2v) is 2.96. The molecule has 1 atom stereocenters. The summed E-state index contributed by atoms with van der Waals surface area (Å²) in [6.07, 6.45) is 0. The van der Waals surface area contributed by atoms with E-state index in [2.05, 4.69) is 0 Å². The van der Waals surface area contributed by atoms with Crippen LogP contribution in [0.2, 0.25) is 0 Å². The molecule has 0 aromatic rings. The number of likely N-dealkylation sites (N-methyl/N-ethyl adjacent to an activating group) is 1. The topological polar surface area (TPSA) is 72.6 Å². The summed E-state index contributed by atoms with van der Waals surface area (Å²) in [5.74, 6) is -0.765. The fourth-order valence-corrected chi connectivity index (χ4v) is 1.13. The normalized spacial score (nSPS) is 12.6. The van der Waals surface area contributed by atoms with E-state index in [1.54, 1.807) is 18.7 Å². The van der Waals surface area contributed by atoms with E-state index < -0.39 is 11.9 Å². The van der Waals surface area contributed by atoms with Gasteiger partial charge in [-0.25, -0.2) is 0 Å². The van der Waals surface area contributed by atoms with Gasteiger partial charge < -0.3 is 10.5 Å². The highest BCUT2D eigenvalue weighted by atomic mass is 16.5. The van der Waals surface area contributed by atoms with Crippen molar-refractivity contribution in [2.75, 3.05) is 19.7 Å². The van der Waals surface area contributed by atoms with E-state index in [1.165, 1.54) is 0 Å². The van der Waals surface area contributed by atoms with Gasteiger partial charge in [0.25, 0.3) is 0 Å². The average molecular weight is 202 g/mol. The third-order valence-electron chi connectivity index (χ3n) is 1.94. The summed E-state index contributed by atoms with van der Waals surface area (Å²) in [4.78, 5) is 23.7. The fourth-order valence-electron chi connectivity index (χ4n) is 1.13. The third kappa shape index (κ3) is 4.23. The summed E-state index contributed by atoms with van der Waals surface area (Å²) in [5, 5.41) is 0. The van der Waals surface area contributed by atoms with Crippen LogP contribution in [0, 0.1) is 0 Å². The minimum Gasteiger partial charge on any atom is -0.465 e. The van der Waals surface area contributed by atoms with Crippen molar-refractivity contribution in [2.24, 2.45) is 5.73 Å². The Bertz CT molecular complexity index is 206. The number of carbonyl (C=O) groups excluding carboxylic acids is 2. The fraction of sp³-hybridized carbons (Fsp3) is 0.778. The molecule has 14 heavy (non-hydrogen) atoms. The highest BCUT2D eigenvalue weighted by Gasteiger charge is 2.21. The number of hydrogen-bond donors (Lipinski definition) is 1. The number of esters is 1. The summed E-state index contributed by atoms with van der Waals surface area (Å²) >= 11 is 0. The number of nitrogens with two attached hydrogens (primary N) is 1. The van der Waals surface area contributed by atoms with Crippen LogP contribution in [-0.4, -0.2) is 42.5 Å². The summed E-state index contributed by atoms with van der Waals surface area (Å²) < 4.78 is 4.84. The Balaban J connectivity index is 4.22. The van der Waals surface area contributed by atoms with E-state index >= 15 is 0 Å². The van der Waals surface area contributed by atoms with Gasteiger partial charge in [-0.05, 0) is 20.4 Å². The van der Waals surface area contributed by atoms with Crippen LogP contribution in [0.5, 0.6) is 0 Å². The number of carbonyl (C=O) groups is 2. The first kappa shape index (κ1) is 12.9. The number of amides is 1. The lowest BCUT2D eigenvalue weighted by Crippen LogP contribution is -2.44. The predicted molar refractivity (Wildman–Crippen MR) is 52.5 cm³/mol. The first-order chi connectivity index (χ1) is 6.52. The molecule has 1 unspecified atom stereocenters. The second-order valence-electron chi connectivity index (χ2n) is 2.96. The third-order valence-corrected chi connectivity index (χ3v) is 1.94. The van der Waals surface area contributed by atoms with E-state index in [9.17, 15) is 9.59 Å². The smallest absolute Gasteiger partial charge is 0.323 e. The van der Waals surface area contributed by atoms with E-state index in [-0.39, 0.29) is 12.5 Å². The number of hydrogen-bond acceptors (Lipinski definition) is 4. The van der Waals surface area contributed by atoms with Crippen molar-refractivity contribution in [3.8, 4) is 0 Å². The lowest BCUT2D eigenvalue weighted by atomic mass is 10.3. The standard InChI is InChI=1S/C9H18N2O3/c1-4-11(6-8(10)12)7(3)9(13)14-5-2/h7H,4-6H2,1-3H3,(H2,10,12). The van der Waals surface area contributed by atoms with Crippen LogP contribution in [0.4, 0.5) is 0 Å². The van der Waals surface area contributed by atoms with Gasteiger partial charge in [-0.3, -0.25) is 14.5 Å². The van der Waals surface area contributed by atoms with Gasteiger partial charge in [-0.2, -0.15) is 0 Å². The Kier molecular flexibility index (Phi) is 5.87. The molecular formula is C9H18N2O3. The van der Waals surface area contributed by atoms with Gasteiger partial charge in [0.2, 0.25) is 5.91 Å². The predicted octanol–water partition coefficient (Wildman–Crippen LogP) is -0.255. The van der Waals surface area contributed by atoms with Crippen LogP contribution in [0.25, 0.3) is 0 Å². The molecule has 0 aromatic heterocycles. The van der Waals surface area contributed by atoms with Crippen molar-refractivity contribution < 1.29 is 14.3 Å². The molecular weight excluding hydrogens is 184 g/mol. The molecule has 5 heteroatoms. The van der Waals surface area contributed by atoms with Gasteiger partial charge >= 0.3 is 5.97 Å². The lowest BCUT2D eigenvalue weighted by molar-refractivity contribution is -0.149. The maximum Gasteiger partial charge on any atom is 0.323 e. The minimum absolute atomic E-state index is 0.0798. The Morgan fingerprint density at radius 3 is 2.36 bits per heavy atom. The number of primary amides is 1. The molecule has 0 spiro atoms. The Morgan fingerprint density at radius 1 is 1.43 bits per heavy atom. The number of ether oxygens (including phenoxy) is 1. The molecule has 0 saturated carbocycles. The van der Waals surface area contributed by atoms with Crippen LogP contribution in [-0.2, 0) is 14.3 Å². The Hall–Kier alpha value is -1.10. The highest BCUT2D eigenvalue weighted by Crippen LogP contribution is 2.00. The summed E-state index contributed by atoms with van der Waals surface area (Å²) in [6, 6.07) is -0.424. The van der Waals surface area contributed by atoms with Gasteiger partial charge in [0.15, 0.2) is 0 Å². The molecule has 0 aliphatic carbocycles. The van der Waals surface area contributed by atoms with Crippen molar-refractivity contribution in [2.45, 2.75) is 26.8 Å². The largest absolute Gasteiger partial charge is 0.465 e. The van der Waals surface area contributed by atoms with Crippen LogP contribution in [0.15, 0.2) is 0 Å². The van der Waals surface area contributed by atoms with Crippen LogP contribution in [0.3, 0.4) is 0 Å². The monoisotopic (exact) mass is 202 g/mol. The van der Waals surface area contributed by atoms with Crippen LogP contribution in [0.1, 0.15) is 20.8 Å². The maximum absolute atomic E-state index is 11.3. The quantitative estimate of drug-likeness (QED) is 0.602. The zero-order chi connectivity index (χ0) is 11.1. The zero-order valence-corrected chi connectivity index (χ0v) is 8.95. The zero-order valence-electron chi connectivity index (χ0n) is 8.95. The van der Waals surface area contributed by atoms with Crippen molar-refractivity contribution in [1.82, 2.24) is 4.90 Å². The molecule has 0 rings (SSSR count). The van der Waals surface area contributed by atoms with Gasteiger partial charge in [0, 0.05) is 0 Å². The molecule has 5 nitrogen and oxygen atoms in total. The summed E-state index contributed by atoms with van der Waals surface area (Å²) in [5.41, 5.74) is 5.05. The number of nitrogens with zero attached hydrogens (tertiary/aromatic N) is 1. The van der Waals surface area contributed by atoms with Gasteiger partial charge in [-0.15, -0.1) is 0 Å². The van der Waals surface area contributed by atoms with Crippen LogP contribution < -0.4 is 5.73 Å². The van der Waals surface area contributed by atoms with E-state index in [4.69, 9.17) is 10.5 Å². The molecule has 0 fully saturated rings. The first-order valence-electron chi connectivity index (χ1n) is 4.71. The second kappa shape index (κ2) is 6.37. The lowest BCUT2D eigenvalue weighted by Gasteiger charge is -2.24. The molecule has 1 amide bonds. The van der Waals surface area contributed by atoms with Crippen molar-refractivity contribution >= 4 is 11.9 Å². The molecule has 0 aliphatic heterocycles.